The summed E-state index contributed by atoms with van der Waals surface area (Å²) in [5, 5.41) is 3.75. The molecule has 3 heterocycles. The minimum absolute atomic E-state index is 0.0448. The number of fused-ring (bicyclic) bond motifs is 3. The van der Waals surface area contributed by atoms with E-state index in [0.717, 1.165) is 35.4 Å². The smallest absolute Gasteiger partial charge is 0.279 e. The highest BCUT2D eigenvalue weighted by Gasteiger charge is 2.40. The molecule has 5 rings (SSSR count). The van der Waals surface area contributed by atoms with Crippen molar-refractivity contribution in [3.63, 3.8) is 0 Å². The van der Waals surface area contributed by atoms with Crippen molar-refractivity contribution in [2.75, 3.05) is 6.54 Å². The molecule has 0 saturated carbocycles. The number of benzene rings is 2. The molecule has 30 heavy (non-hydrogen) atoms. The number of nitrogens with zero attached hydrogens (tertiary/aromatic N) is 2. The van der Waals surface area contributed by atoms with Crippen LogP contribution in [0, 0.1) is 0 Å². The zero-order chi connectivity index (χ0) is 20.5. The van der Waals surface area contributed by atoms with Gasteiger partial charge in [-0.2, -0.15) is 0 Å². The Morgan fingerprint density at radius 2 is 1.87 bits per heavy atom. The number of piperidine rings is 1. The molecule has 3 atom stereocenters. The van der Waals surface area contributed by atoms with Crippen LogP contribution in [-0.4, -0.2) is 40.5 Å². The number of aromatic nitrogens is 1. The van der Waals surface area contributed by atoms with Crippen molar-refractivity contribution in [1.82, 2.24) is 15.2 Å². The van der Waals surface area contributed by atoms with Gasteiger partial charge in [0, 0.05) is 24.7 Å². The van der Waals surface area contributed by atoms with Gasteiger partial charge in [0.15, 0.2) is 0 Å². The van der Waals surface area contributed by atoms with E-state index in [-0.39, 0.29) is 18.5 Å². The average molecular weight is 423 g/mol. The summed E-state index contributed by atoms with van der Waals surface area (Å²) in [7, 11) is 0. The fourth-order valence-electron chi connectivity index (χ4n) is 4.81. The number of nitrogens with one attached hydrogen (secondary N) is 1. The number of rotatable bonds is 6. The van der Waals surface area contributed by atoms with E-state index in [4.69, 9.17) is 10.5 Å². The van der Waals surface area contributed by atoms with Crippen molar-refractivity contribution in [2.45, 2.75) is 50.4 Å². The Hall–Kier alpha value is -2.48. The monoisotopic (exact) mass is 422 g/mol. The van der Waals surface area contributed by atoms with E-state index < -0.39 is 0 Å². The lowest BCUT2D eigenvalue weighted by atomic mass is 9.96. The van der Waals surface area contributed by atoms with Crippen LogP contribution in [0.3, 0.4) is 0 Å². The summed E-state index contributed by atoms with van der Waals surface area (Å²) in [6, 6.07) is 17.7. The third-order valence-electron chi connectivity index (χ3n) is 6.20. The lowest BCUT2D eigenvalue weighted by molar-refractivity contribution is -0.120. The zero-order valence-corrected chi connectivity index (χ0v) is 17.6. The number of hydrogen-bond acceptors (Lipinski definition) is 6. The maximum absolute atomic E-state index is 11.6. The second-order valence-corrected chi connectivity index (χ2v) is 9.18. The topological polar surface area (TPSA) is 80.5 Å². The van der Waals surface area contributed by atoms with Crippen molar-refractivity contribution < 1.29 is 9.53 Å². The summed E-state index contributed by atoms with van der Waals surface area (Å²) >= 11 is 1.56. The first-order valence-electron chi connectivity index (χ1n) is 10.6. The SMILES string of the molecule is NCC(=O)NC1C[C@H]2CC[C@@H](C1)N2Cc1ccc(Oc2nc3ccccc3s2)cc1. The lowest BCUT2D eigenvalue weighted by Crippen LogP contribution is -2.50. The van der Waals surface area contributed by atoms with Crippen LogP contribution in [0.15, 0.2) is 48.5 Å². The molecule has 6 nitrogen and oxygen atoms in total. The van der Waals surface area contributed by atoms with Gasteiger partial charge in [0.2, 0.25) is 5.91 Å². The predicted octanol–water partition coefficient (Wildman–Crippen LogP) is 3.66. The molecule has 7 heteroatoms. The molecule has 3 N–H and O–H groups in total. The van der Waals surface area contributed by atoms with Crippen molar-refractivity contribution in [1.29, 1.82) is 0 Å². The number of nitrogens with two attached hydrogens (primary N) is 1. The minimum atomic E-state index is -0.0448. The molecular weight excluding hydrogens is 396 g/mol. The summed E-state index contributed by atoms with van der Waals surface area (Å²) in [6.45, 7) is 1.01. The average Bonchev–Trinajstić information content (AvgIpc) is 3.26. The fraction of sp³-hybridized carbons (Fsp3) is 0.391. The molecule has 2 saturated heterocycles. The van der Waals surface area contributed by atoms with Gasteiger partial charge in [-0.15, -0.1) is 0 Å². The Kier molecular flexibility index (Phi) is 5.41. The second kappa shape index (κ2) is 8.34. The fourth-order valence-corrected chi connectivity index (χ4v) is 5.64. The minimum Gasteiger partial charge on any atom is -0.431 e. The molecule has 1 amide bonds. The van der Waals surface area contributed by atoms with Crippen LogP contribution in [0.4, 0.5) is 0 Å². The van der Waals surface area contributed by atoms with E-state index in [1.165, 1.54) is 18.4 Å². The third kappa shape index (κ3) is 4.05. The van der Waals surface area contributed by atoms with Crippen LogP contribution in [-0.2, 0) is 11.3 Å². The standard InChI is InChI=1S/C23H26N4O2S/c24-13-22(28)25-16-11-17-7-8-18(12-16)27(17)14-15-5-9-19(10-6-15)29-23-26-20-3-1-2-4-21(20)30-23/h1-6,9-10,16-18H,7-8,11-14,24H2,(H,25,28)/t16?,17-,18+. The van der Waals surface area contributed by atoms with Gasteiger partial charge in [-0.1, -0.05) is 35.6 Å². The highest BCUT2D eigenvalue weighted by atomic mass is 32.1. The van der Waals surface area contributed by atoms with Crippen LogP contribution in [0.5, 0.6) is 10.9 Å². The lowest BCUT2D eigenvalue weighted by Gasteiger charge is -2.39. The second-order valence-electron chi connectivity index (χ2n) is 8.19. The van der Waals surface area contributed by atoms with Crippen molar-refractivity contribution >= 4 is 27.5 Å². The Bertz CT molecular complexity index is 988. The molecular formula is C23H26N4O2S. The summed E-state index contributed by atoms with van der Waals surface area (Å²) in [5.74, 6) is 0.764. The summed E-state index contributed by atoms with van der Waals surface area (Å²) in [5.41, 5.74) is 7.70. The van der Waals surface area contributed by atoms with Gasteiger partial charge in [-0.05, 0) is 55.5 Å². The highest BCUT2D eigenvalue weighted by Crippen LogP contribution is 2.37. The van der Waals surface area contributed by atoms with Crippen LogP contribution < -0.4 is 15.8 Å². The van der Waals surface area contributed by atoms with Crippen molar-refractivity contribution in [3.8, 4) is 10.9 Å². The number of hydrogen-bond donors (Lipinski definition) is 2. The van der Waals surface area contributed by atoms with Gasteiger partial charge in [-0.25, -0.2) is 4.98 Å². The van der Waals surface area contributed by atoms with Gasteiger partial charge in [0.05, 0.1) is 16.8 Å². The van der Waals surface area contributed by atoms with Crippen LogP contribution in [0.25, 0.3) is 10.2 Å². The van der Waals surface area contributed by atoms with E-state index in [9.17, 15) is 4.79 Å². The first kappa shape index (κ1) is 19.5. The molecule has 2 aliphatic rings. The number of ether oxygens (including phenoxy) is 1. The molecule has 0 spiro atoms. The molecule has 2 fully saturated rings. The van der Waals surface area contributed by atoms with Crippen molar-refractivity contribution in [2.24, 2.45) is 5.73 Å². The highest BCUT2D eigenvalue weighted by molar-refractivity contribution is 7.20. The van der Waals surface area contributed by atoms with Crippen LogP contribution in [0.2, 0.25) is 0 Å². The maximum atomic E-state index is 11.6. The molecule has 2 aliphatic heterocycles. The van der Waals surface area contributed by atoms with Gasteiger partial charge in [-0.3, -0.25) is 9.69 Å². The summed E-state index contributed by atoms with van der Waals surface area (Å²) in [4.78, 5) is 18.8. The van der Waals surface area contributed by atoms with Crippen molar-refractivity contribution in [3.05, 3.63) is 54.1 Å². The molecule has 2 aromatic carbocycles. The van der Waals surface area contributed by atoms with E-state index in [1.807, 2.05) is 30.3 Å². The largest absolute Gasteiger partial charge is 0.431 e. The molecule has 156 valence electrons. The normalized spacial score (nSPS) is 23.6. The Morgan fingerprint density at radius 3 is 2.57 bits per heavy atom. The Labute approximate surface area is 180 Å². The Morgan fingerprint density at radius 1 is 1.13 bits per heavy atom. The Balaban J connectivity index is 1.21. The zero-order valence-electron chi connectivity index (χ0n) is 16.8. The molecule has 1 aromatic heterocycles. The summed E-state index contributed by atoms with van der Waals surface area (Å²) in [6.07, 6.45) is 4.44. The number of thiazole rings is 1. The van der Waals surface area contributed by atoms with E-state index in [1.54, 1.807) is 11.3 Å². The van der Waals surface area contributed by atoms with E-state index in [0.29, 0.717) is 17.3 Å². The van der Waals surface area contributed by atoms with Gasteiger partial charge in [0.1, 0.15) is 5.75 Å². The van der Waals surface area contributed by atoms with Gasteiger partial charge >= 0.3 is 0 Å². The van der Waals surface area contributed by atoms with E-state index >= 15 is 0 Å². The quantitative estimate of drug-likeness (QED) is 0.634. The molecule has 0 aliphatic carbocycles. The summed E-state index contributed by atoms with van der Waals surface area (Å²) < 4.78 is 7.10. The van der Waals surface area contributed by atoms with Crippen LogP contribution >= 0.6 is 11.3 Å². The van der Waals surface area contributed by atoms with E-state index in [2.05, 4.69) is 33.4 Å². The molecule has 0 radical (unpaired) electrons. The first-order valence-corrected chi connectivity index (χ1v) is 11.4. The predicted molar refractivity (Wildman–Crippen MR) is 119 cm³/mol. The maximum Gasteiger partial charge on any atom is 0.279 e. The van der Waals surface area contributed by atoms with Crippen LogP contribution in [0.1, 0.15) is 31.2 Å². The molecule has 1 unspecified atom stereocenters. The molecule has 3 aromatic rings. The number of amides is 1. The number of para-hydroxylation sites is 1. The number of carbonyl (C=O) groups excluding carboxylic acids is 1. The number of carbonyl (C=O) groups is 1. The third-order valence-corrected chi connectivity index (χ3v) is 7.12. The molecule has 2 bridgehead atoms. The first-order chi connectivity index (χ1) is 14.7. The van der Waals surface area contributed by atoms with Gasteiger partial charge in [0.25, 0.3) is 5.19 Å². The van der Waals surface area contributed by atoms with Gasteiger partial charge < -0.3 is 15.8 Å².